The van der Waals surface area contributed by atoms with E-state index in [1.807, 2.05) is 0 Å². The maximum absolute atomic E-state index is 13.2. The van der Waals surface area contributed by atoms with E-state index in [0.29, 0.717) is 32.0 Å². The van der Waals surface area contributed by atoms with Gasteiger partial charge in [-0.15, -0.1) is 0 Å². The van der Waals surface area contributed by atoms with E-state index in [4.69, 9.17) is 0 Å². The standard InChI is InChI=1S/C20H27F3N2O3S/c1-19(2,29(27,28)16-6-3-5-15(13-16)20(21,22)23)14-8-11-25(12-9-14)18(26)17-7-4-10-24-17/h3,5-6,13-14,17,24H,4,7-12H2,1-2H3/t17-/m1/s1. The number of hydrogen-bond acceptors (Lipinski definition) is 4. The molecule has 1 aromatic rings. The molecule has 0 unspecified atom stereocenters. The third kappa shape index (κ3) is 4.30. The number of alkyl halides is 3. The first-order valence-corrected chi connectivity index (χ1v) is 11.4. The Kier molecular flexibility index (Phi) is 6.02. The minimum atomic E-state index is -4.60. The molecule has 0 aromatic heterocycles. The third-order valence-electron chi connectivity index (χ3n) is 6.31. The number of likely N-dealkylation sites (tertiary alicyclic amines) is 1. The molecule has 0 bridgehead atoms. The molecule has 0 radical (unpaired) electrons. The summed E-state index contributed by atoms with van der Waals surface area (Å²) in [6, 6.07) is 3.76. The summed E-state index contributed by atoms with van der Waals surface area (Å²) >= 11 is 0. The van der Waals surface area contributed by atoms with Gasteiger partial charge in [-0.25, -0.2) is 8.42 Å². The van der Waals surface area contributed by atoms with Crippen molar-refractivity contribution in [2.24, 2.45) is 5.92 Å². The zero-order valence-electron chi connectivity index (χ0n) is 16.6. The minimum absolute atomic E-state index is 0.0551. The van der Waals surface area contributed by atoms with E-state index in [1.165, 1.54) is 6.07 Å². The molecule has 0 aliphatic carbocycles. The molecule has 0 spiro atoms. The molecule has 1 atom stereocenters. The average Bonchev–Trinajstić information content (AvgIpc) is 3.21. The molecule has 162 valence electrons. The first-order valence-electron chi connectivity index (χ1n) is 9.88. The molecule has 2 heterocycles. The van der Waals surface area contributed by atoms with Gasteiger partial charge in [-0.3, -0.25) is 4.79 Å². The molecule has 1 aromatic carbocycles. The van der Waals surface area contributed by atoms with Crippen LogP contribution in [-0.4, -0.2) is 49.6 Å². The zero-order chi connectivity index (χ0) is 21.4. The van der Waals surface area contributed by atoms with E-state index in [2.05, 4.69) is 5.32 Å². The number of benzene rings is 1. The summed E-state index contributed by atoms with van der Waals surface area (Å²) in [6.07, 6.45) is -1.81. The van der Waals surface area contributed by atoms with Gasteiger partial charge < -0.3 is 10.2 Å². The first-order chi connectivity index (χ1) is 13.4. The van der Waals surface area contributed by atoms with Crippen LogP contribution in [0, 0.1) is 5.92 Å². The van der Waals surface area contributed by atoms with Gasteiger partial charge in [0.15, 0.2) is 9.84 Å². The van der Waals surface area contributed by atoms with Crippen LogP contribution in [0.2, 0.25) is 0 Å². The molecule has 2 fully saturated rings. The highest BCUT2D eigenvalue weighted by Crippen LogP contribution is 2.39. The summed E-state index contributed by atoms with van der Waals surface area (Å²) in [4.78, 5) is 14.0. The quantitative estimate of drug-likeness (QED) is 0.793. The summed E-state index contributed by atoms with van der Waals surface area (Å²) in [5.74, 6) is -0.192. The van der Waals surface area contributed by atoms with Gasteiger partial charge in [0.25, 0.3) is 0 Å². The van der Waals surface area contributed by atoms with Crippen molar-refractivity contribution >= 4 is 15.7 Å². The van der Waals surface area contributed by atoms with Crippen molar-refractivity contribution < 1.29 is 26.4 Å². The van der Waals surface area contributed by atoms with Crippen LogP contribution in [0.15, 0.2) is 29.2 Å². The van der Waals surface area contributed by atoms with Crippen molar-refractivity contribution in [1.29, 1.82) is 0 Å². The predicted molar refractivity (Wildman–Crippen MR) is 103 cm³/mol. The number of amides is 1. The van der Waals surface area contributed by atoms with E-state index in [0.717, 1.165) is 31.5 Å². The van der Waals surface area contributed by atoms with Gasteiger partial charge in [0.05, 0.1) is 21.2 Å². The van der Waals surface area contributed by atoms with Crippen molar-refractivity contribution in [2.45, 2.75) is 61.4 Å². The Morgan fingerprint density at radius 2 is 1.79 bits per heavy atom. The predicted octanol–water partition coefficient (Wildman–Crippen LogP) is 3.25. The Bertz CT molecular complexity index is 854. The Balaban J connectivity index is 1.74. The molecule has 5 nitrogen and oxygen atoms in total. The molecule has 0 saturated carbocycles. The van der Waals surface area contributed by atoms with Gasteiger partial charge in [-0.05, 0) is 70.2 Å². The molecular weight excluding hydrogens is 405 g/mol. The maximum atomic E-state index is 13.2. The van der Waals surface area contributed by atoms with Crippen LogP contribution in [0.25, 0.3) is 0 Å². The van der Waals surface area contributed by atoms with Crippen molar-refractivity contribution in [3.8, 4) is 0 Å². The van der Waals surface area contributed by atoms with Crippen molar-refractivity contribution in [2.75, 3.05) is 19.6 Å². The summed E-state index contributed by atoms with van der Waals surface area (Å²) in [6.45, 7) is 4.90. The Labute approximate surface area is 169 Å². The van der Waals surface area contributed by atoms with E-state index in [-0.39, 0.29) is 22.8 Å². The molecule has 1 amide bonds. The topological polar surface area (TPSA) is 66.5 Å². The molecule has 3 rings (SSSR count). The van der Waals surface area contributed by atoms with Crippen LogP contribution in [0.4, 0.5) is 13.2 Å². The number of nitrogens with zero attached hydrogens (tertiary/aromatic N) is 1. The Morgan fingerprint density at radius 1 is 1.14 bits per heavy atom. The number of nitrogens with one attached hydrogen (secondary N) is 1. The van der Waals surface area contributed by atoms with Gasteiger partial charge >= 0.3 is 6.18 Å². The summed E-state index contributed by atoms with van der Waals surface area (Å²) < 4.78 is 64.2. The average molecular weight is 433 g/mol. The van der Waals surface area contributed by atoms with E-state index < -0.39 is 26.3 Å². The zero-order valence-corrected chi connectivity index (χ0v) is 17.4. The number of halogens is 3. The van der Waals surface area contributed by atoms with E-state index >= 15 is 0 Å². The lowest BCUT2D eigenvalue weighted by molar-refractivity contribution is -0.137. The summed E-state index contributed by atoms with van der Waals surface area (Å²) in [7, 11) is -3.99. The number of hydrogen-bond donors (Lipinski definition) is 1. The fourth-order valence-electron chi connectivity index (χ4n) is 4.27. The third-order valence-corrected chi connectivity index (χ3v) is 8.91. The monoisotopic (exact) mass is 432 g/mol. The van der Waals surface area contributed by atoms with E-state index in [9.17, 15) is 26.4 Å². The van der Waals surface area contributed by atoms with Crippen LogP contribution in [0.3, 0.4) is 0 Å². The summed E-state index contributed by atoms with van der Waals surface area (Å²) in [5, 5.41) is 3.18. The smallest absolute Gasteiger partial charge is 0.341 e. The molecule has 2 saturated heterocycles. The lowest BCUT2D eigenvalue weighted by Gasteiger charge is -2.40. The van der Waals surface area contributed by atoms with Crippen molar-refractivity contribution in [3.63, 3.8) is 0 Å². The lowest BCUT2D eigenvalue weighted by atomic mass is 9.85. The van der Waals surface area contributed by atoms with Crippen LogP contribution >= 0.6 is 0 Å². The number of rotatable bonds is 4. The first kappa shape index (κ1) is 22.1. The molecular formula is C20H27F3N2O3S. The second kappa shape index (κ2) is 7.91. The number of sulfone groups is 1. The van der Waals surface area contributed by atoms with Gasteiger partial charge in [-0.1, -0.05) is 6.07 Å². The number of carbonyl (C=O) groups excluding carboxylic acids is 1. The van der Waals surface area contributed by atoms with Crippen molar-refractivity contribution in [1.82, 2.24) is 10.2 Å². The molecule has 2 aliphatic heterocycles. The molecule has 9 heteroatoms. The second-order valence-corrected chi connectivity index (χ2v) is 10.9. The van der Waals surface area contributed by atoms with Gasteiger partial charge in [0.1, 0.15) is 0 Å². The van der Waals surface area contributed by atoms with Gasteiger partial charge in [0, 0.05) is 13.1 Å². The molecule has 1 N–H and O–H groups in total. The maximum Gasteiger partial charge on any atom is 0.416 e. The number of piperidine rings is 1. The highest BCUT2D eigenvalue weighted by Gasteiger charge is 2.45. The Morgan fingerprint density at radius 3 is 2.34 bits per heavy atom. The molecule has 2 aliphatic rings. The highest BCUT2D eigenvalue weighted by molar-refractivity contribution is 7.92. The fraction of sp³-hybridized carbons (Fsp3) is 0.650. The molecule has 29 heavy (non-hydrogen) atoms. The van der Waals surface area contributed by atoms with Crippen LogP contribution < -0.4 is 5.32 Å². The summed E-state index contributed by atoms with van der Waals surface area (Å²) in [5.41, 5.74) is -0.973. The SMILES string of the molecule is CC(C)(C1CCN(C(=O)[C@H]2CCCN2)CC1)S(=O)(=O)c1cccc(C(F)(F)F)c1. The van der Waals surface area contributed by atoms with E-state index in [1.54, 1.807) is 18.7 Å². The highest BCUT2D eigenvalue weighted by atomic mass is 32.2. The minimum Gasteiger partial charge on any atom is -0.341 e. The van der Waals surface area contributed by atoms with Crippen LogP contribution in [0.5, 0.6) is 0 Å². The van der Waals surface area contributed by atoms with Crippen LogP contribution in [-0.2, 0) is 20.8 Å². The normalized spacial score (nSPS) is 22.1. The largest absolute Gasteiger partial charge is 0.416 e. The Hall–Kier alpha value is -1.61. The van der Waals surface area contributed by atoms with Gasteiger partial charge in [-0.2, -0.15) is 13.2 Å². The lowest BCUT2D eigenvalue weighted by Crippen LogP contribution is -2.51. The van der Waals surface area contributed by atoms with Crippen LogP contribution in [0.1, 0.15) is 45.1 Å². The fourth-order valence-corrected chi connectivity index (χ4v) is 6.10. The number of carbonyl (C=O) groups is 1. The second-order valence-electron chi connectivity index (χ2n) is 8.38. The van der Waals surface area contributed by atoms with Gasteiger partial charge in [0.2, 0.25) is 5.91 Å². The van der Waals surface area contributed by atoms with Crippen molar-refractivity contribution in [3.05, 3.63) is 29.8 Å².